The number of anilines is 2. The average molecular weight is 286 g/mol. The van der Waals surface area contributed by atoms with Gasteiger partial charge in [0.15, 0.2) is 23.3 Å². The molecule has 0 saturated heterocycles. The molecule has 0 atom stereocenters. The molecule has 0 aliphatic carbocycles. The van der Waals surface area contributed by atoms with Gasteiger partial charge in [0.05, 0.1) is 5.69 Å². The van der Waals surface area contributed by atoms with E-state index in [4.69, 9.17) is 4.52 Å². The maximum atomic E-state index is 13.3. The van der Waals surface area contributed by atoms with Crippen LogP contribution in [0.4, 0.5) is 29.5 Å². The molecular weight excluding hydrogens is 277 g/mol. The van der Waals surface area contributed by atoms with Gasteiger partial charge in [0, 0.05) is 6.07 Å². The van der Waals surface area contributed by atoms with Crippen molar-refractivity contribution in [3.8, 4) is 0 Å². The molecule has 0 spiro atoms. The number of aryl methyl sites for hydroxylation is 1. The van der Waals surface area contributed by atoms with Crippen molar-refractivity contribution < 1.29 is 22.5 Å². The molecule has 20 heavy (non-hydrogen) atoms. The van der Waals surface area contributed by atoms with Gasteiger partial charge in [-0.05, 0) is 19.1 Å². The first kappa shape index (κ1) is 13.7. The third-order valence-corrected chi connectivity index (χ3v) is 2.22. The maximum Gasteiger partial charge on any atom is 0.339 e. The number of halogens is 3. The summed E-state index contributed by atoms with van der Waals surface area (Å²) in [6.07, 6.45) is 0. The molecule has 1 aromatic carbocycles. The second-order valence-corrected chi connectivity index (χ2v) is 3.75. The summed E-state index contributed by atoms with van der Waals surface area (Å²) in [5, 5.41) is 5.77. The van der Waals surface area contributed by atoms with E-state index in [0.29, 0.717) is 5.76 Å². The first-order chi connectivity index (χ1) is 9.47. The number of hydrogen-bond donors (Lipinski definition) is 3. The minimum Gasteiger partial charge on any atom is -0.360 e. The van der Waals surface area contributed by atoms with Gasteiger partial charge in [-0.15, -0.1) is 0 Å². The number of rotatable bonds is 3. The monoisotopic (exact) mass is 286 g/mol. The summed E-state index contributed by atoms with van der Waals surface area (Å²) >= 11 is 0. The largest absolute Gasteiger partial charge is 0.360 e. The summed E-state index contributed by atoms with van der Waals surface area (Å²) in [5.74, 6) is -3.77. The van der Waals surface area contributed by atoms with Crippen molar-refractivity contribution in [2.45, 2.75) is 6.92 Å². The van der Waals surface area contributed by atoms with Gasteiger partial charge in [0.1, 0.15) is 5.76 Å². The molecule has 0 fully saturated rings. The molecule has 2 rings (SSSR count). The second kappa shape index (κ2) is 5.51. The molecule has 3 N–H and O–H groups in total. The smallest absolute Gasteiger partial charge is 0.339 e. The Kier molecular flexibility index (Phi) is 3.78. The van der Waals surface area contributed by atoms with E-state index in [1.54, 1.807) is 6.92 Å². The van der Waals surface area contributed by atoms with E-state index in [1.165, 1.54) is 6.07 Å². The predicted octanol–water partition coefficient (Wildman–Crippen LogP) is 2.55. The molecule has 6 nitrogen and oxygen atoms in total. The highest BCUT2D eigenvalue weighted by Gasteiger charge is 2.14. The van der Waals surface area contributed by atoms with E-state index in [9.17, 15) is 18.0 Å². The molecule has 0 radical (unpaired) electrons. The summed E-state index contributed by atoms with van der Waals surface area (Å²) in [7, 11) is 0. The molecule has 0 aliphatic heterocycles. The van der Waals surface area contributed by atoms with Gasteiger partial charge in [-0.2, -0.15) is 0 Å². The van der Waals surface area contributed by atoms with Crippen LogP contribution in [-0.2, 0) is 0 Å². The number of nitrogens with one attached hydrogen (secondary N) is 3. The van der Waals surface area contributed by atoms with Gasteiger partial charge in [-0.1, -0.05) is 5.16 Å². The van der Waals surface area contributed by atoms with Crippen LogP contribution >= 0.6 is 0 Å². The van der Waals surface area contributed by atoms with Gasteiger partial charge in [-0.3, -0.25) is 16.2 Å². The first-order valence-corrected chi connectivity index (χ1v) is 5.37. The van der Waals surface area contributed by atoms with E-state index in [0.717, 1.165) is 12.1 Å². The van der Waals surface area contributed by atoms with Crippen molar-refractivity contribution in [1.82, 2.24) is 10.6 Å². The van der Waals surface area contributed by atoms with Crippen molar-refractivity contribution in [2.24, 2.45) is 0 Å². The lowest BCUT2D eigenvalue weighted by molar-refractivity contribution is 0.253. The Hall–Kier alpha value is -2.71. The molecule has 1 aromatic heterocycles. The summed E-state index contributed by atoms with van der Waals surface area (Å²) in [5.41, 5.74) is 3.72. The summed E-state index contributed by atoms with van der Waals surface area (Å²) in [4.78, 5) is 11.4. The Morgan fingerprint density at radius 1 is 1.25 bits per heavy atom. The molecule has 2 aromatic rings. The van der Waals surface area contributed by atoms with Gasteiger partial charge >= 0.3 is 6.03 Å². The van der Waals surface area contributed by atoms with E-state index in [-0.39, 0.29) is 5.82 Å². The average Bonchev–Trinajstić information content (AvgIpc) is 2.80. The van der Waals surface area contributed by atoms with Crippen LogP contribution in [-0.4, -0.2) is 11.2 Å². The van der Waals surface area contributed by atoms with E-state index < -0.39 is 29.2 Å². The summed E-state index contributed by atoms with van der Waals surface area (Å²) < 4.78 is 43.6. The molecular formula is C11H9F3N4O2. The lowest BCUT2D eigenvalue weighted by Gasteiger charge is -2.09. The lowest BCUT2D eigenvalue weighted by Crippen LogP contribution is -2.34. The van der Waals surface area contributed by atoms with Crippen molar-refractivity contribution >= 4 is 17.5 Å². The molecule has 1 heterocycles. The Morgan fingerprint density at radius 3 is 2.65 bits per heavy atom. The summed E-state index contributed by atoms with van der Waals surface area (Å²) in [6.45, 7) is 1.63. The Balaban J connectivity index is 1.95. The van der Waals surface area contributed by atoms with Crippen LogP contribution in [0.1, 0.15) is 5.76 Å². The Morgan fingerprint density at radius 2 is 2.00 bits per heavy atom. The third kappa shape index (κ3) is 2.99. The Bertz CT molecular complexity index is 645. The van der Waals surface area contributed by atoms with Crippen LogP contribution in [0.25, 0.3) is 0 Å². The van der Waals surface area contributed by atoms with Gasteiger partial charge in [0.25, 0.3) is 0 Å². The van der Waals surface area contributed by atoms with Crippen molar-refractivity contribution in [3.05, 3.63) is 41.4 Å². The number of carbonyl (C=O) groups is 1. The first-order valence-electron chi connectivity index (χ1n) is 5.37. The SMILES string of the molecule is Cc1cc(NC(=O)NNc2ccc(F)c(F)c2F)no1. The number of benzene rings is 1. The molecule has 0 bridgehead atoms. The highest BCUT2D eigenvalue weighted by atomic mass is 19.2. The number of carbonyl (C=O) groups excluding carboxylic acids is 1. The fourth-order valence-corrected chi connectivity index (χ4v) is 1.32. The lowest BCUT2D eigenvalue weighted by atomic mass is 10.3. The standard InChI is InChI=1S/C11H9F3N4O2/c1-5-4-8(18-20-5)15-11(19)17-16-7-3-2-6(12)9(13)10(7)14/h2-4,16H,1H3,(H2,15,17,18,19). The fraction of sp³-hybridized carbons (Fsp3) is 0.0909. The second-order valence-electron chi connectivity index (χ2n) is 3.75. The zero-order chi connectivity index (χ0) is 14.7. The third-order valence-electron chi connectivity index (χ3n) is 2.22. The van der Waals surface area contributed by atoms with Crippen LogP contribution in [0, 0.1) is 24.4 Å². The topological polar surface area (TPSA) is 79.2 Å². The maximum absolute atomic E-state index is 13.3. The molecule has 106 valence electrons. The van der Waals surface area contributed by atoms with Gasteiger partial charge in [0.2, 0.25) is 0 Å². The van der Waals surface area contributed by atoms with Crippen LogP contribution in [0.5, 0.6) is 0 Å². The van der Waals surface area contributed by atoms with E-state index in [2.05, 4.69) is 15.9 Å². The fourth-order valence-electron chi connectivity index (χ4n) is 1.32. The Labute approximate surface area is 110 Å². The minimum absolute atomic E-state index is 0.146. The van der Waals surface area contributed by atoms with Crippen LogP contribution < -0.4 is 16.2 Å². The number of hydrogen-bond acceptors (Lipinski definition) is 4. The molecule has 0 aliphatic rings. The van der Waals surface area contributed by atoms with E-state index >= 15 is 0 Å². The molecule has 0 saturated carbocycles. The number of amides is 2. The number of nitrogens with zero attached hydrogens (tertiary/aromatic N) is 1. The highest BCUT2D eigenvalue weighted by Crippen LogP contribution is 2.18. The quantitative estimate of drug-likeness (QED) is 0.598. The van der Waals surface area contributed by atoms with Crippen LogP contribution in [0.3, 0.4) is 0 Å². The van der Waals surface area contributed by atoms with Gasteiger partial charge < -0.3 is 4.52 Å². The molecule has 0 unspecified atom stereocenters. The minimum atomic E-state index is -1.63. The number of aromatic nitrogens is 1. The van der Waals surface area contributed by atoms with Crippen molar-refractivity contribution in [1.29, 1.82) is 0 Å². The van der Waals surface area contributed by atoms with Crippen LogP contribution in [0.2, 0.25) is 0 Å². The van der Waals surface area contributed by atoms with Crippen molar-refractivity contribution in [3.63, 3.8) is 0 Å². The number of hydrazine groups is 1. The van der Waals surface area contributed by atoms with Crippen molar-refractivity contribution in [2.75, 3.05) is 10.7 Å². The van der Waals surface area contributed by atoms with Gasteiger partial charge in [-0.25, -0.2) is 18.0 Å². The highest BCUT2D eigenvalue weighted by molar-refractivity contribution is 5.88. The zero-order valence-corrected chi connectivity index (χ0v) is 10.1. The zero-order valence-electron chi connectivity index (χ0n) is 10.1. The summed E-state index contributed by atoms with van der Waals surface area (Å²) in [6, 6.07) is 2.33. The predicted molar refractivity (Wildman–Crippen MR) is 63.3 cm³/mol. The number of urea groups is 1. The molecule has 9 heteroatoms. The van der Waals surface area contributed by atoms with Crippen LogP contribution in [0.15, 0.2) is 22.7 Å². The van der Waals surface area contributed by atoms with E-state index in [1.807, 2.05) is 5.43 Å². The molecule has 2 amide bonds. The normalized spacial score (nSPS) is 10.2.